The van der Waals surface area contributed by atoms with Crippen LogP contribution in [-0.4, -0.2) is 16.9 Å². The van der Waals surface area contributed by atoms with Gasteiger partial charge in [0.2, 0.25) is 0 Å². The smallest absolute Gasteiger partial charge is 0.364 e. The lowest BCUT2D eigenvalue weighted by Crippen LogP contribution is -2.29. The zero-order chi connectivity index (χ0) is 20.6. The number of benzene rings is 2. The van der Waals surface area contributed by atoms with Crippen molar-refractivity contribution in [2.75, 3.05) is 5.43 Å². The van der Waals surface area contributed by atoms with Crippen LogP contribution in [0.1, 0.15) is 38.2 Å². The number of allylic oxidation sites excluding steroid dienone is 1. The van der Waals surface area contributed by atoms with Crippen LogP contribution in [0.15, 0.2) is 71.0 Å². The number of halogens is 1. The summed E-state index contributed by atoms with van der Waals surface area (Å²) in [7, 11) is 0. The minimum absolute atomic E-state index is 0.105. The molecule has 1 heterocycles. The number of nitro groups is 1. The summed E-state index contributed by atoms with van der Waals surface area (Å²) in [5.41, 5.74) is 6.26. The molecule has 29 heavy (non-hydrogen) atoms. The third kappa shape index (κ3) is 3.98. The van der Waals surface area contributed by atoms with Gasteiger partial charge in [0.25, 0.3) is 0 Å². The maximum Gasteiger partial charge on any atom is 0.364 e. The van der Waals surface area contributed by atoms with E-state index in [0.29, 0.717) is 23.6 Å². The third-order valence-electron chi connectivity index (χ3n) is 5.29. The number of nitrogens with zero attached hydrogens (tertiary/aromatic N) is 2. The van der Waals surface area contributed by atoms with Crippen molar-refractivity contribution in [1.29, 1.82) is 0 Å². The van der Waals surface area contributed by atoms with E-state index in [9.17, 15) is 10.1 Å². The molecule has 0 spiro atoms. The van der Waals surface area contributed by atoms with Crippen LogP contribution in [0, 0.1) is 15.5 Å². The molecule has 150 valence electrons. The normalized spacial score (nSPS) is 24.2. The lowest BCUT2D eigenvalue weighted by Gasteiger charge is -2.31. The molecule has 0 saturated heterocycles. The standard InChI is InChI=1S/C22H22ClN3O3/c1-22(2)12-17(25-24-16-6-4-3-5-7-16)20-18(13-22)29-21(26(27)28)19(20)14-8-10-15(23)11-9-14/h3-11,19,21,24H,12-13H2,1-2H3/b25-17+. The Morgan fingerprint density at radius 3 is 2.48 bits per heavy atom. The number of hydrogen-bond acceptors (Lipinski definition) is 5. The number of hydrazone groups is 1. The number of anilines is 1. The lowest BCUT2D eigenvalue weighted by atomic mass is 9.73. The van der Waals surface area contributed by atoms with E-state index in [-0.39, 0.29) is 10.3 Å². The highest BCUT2D eigenvalue weighted by atomic mass is 35.5. The van der Waals surface area contributed by atoms with E-state index in [0.717, 1.165) is 22.5 Å². The summed E-state index contributed by atoms with van der Waals surface area (Å²) in [6.07, 6.45) is 0.169. The molecular formula is C22H22ClN3O3. The van der Waals surface area contributed by atoms with Crippen LogP contribution in [0.3, 0.4) is 0 Å². The molecule has 0 fully saturated rings. The molecule has 7 heteroatoms. The van der Waals surface area contributed by atoms with E-state index < -0.39 is 12.1 Å². The van der Waals surface area contributed by atoms with Gasteiger partial charge in [-0.15, -0.1) is 0 Å². The Kier molecular flexibility index (Phi) is 5.04. The second-order valence-electron chi connectivity index (χ2n) is 8.21. The van der Waals surface area contributed by atoms with Crippen LogP contribution in [-0.2, 0) is 4.74 Å². The van der Waals surface area contributed by atoms with Crippen molar-refractivity contribution >= 4 is 23.0 Å². The molecule has 0 aromatic heterocycles. The van der Waals surface area contributed by atoms with E-state index in [1.165, 1.54) is 0 Å². The largest absolute Gasteiger partial charge is 0.433 e. The monoisotopic (exact) mass is 411 g/mol. The summed E-state index contributed by atoms with van der Waals surface area (Å²) in [5.74, 6) is 0.140. The Morgan fingerprint density at radius 2 is 1.83 bits per heavy atom. The van der Waals surface area contributed by atoms with Crippen molar-refractivity contribution in [3.8, 4) is 0 Å². The van der Waals surface area contributed by atoms with Gasteiger partial charge in [0, 0.05) is 17.0 Å². The summed E-state index contributed by atoms with van der Waals surface area (Å²) in [6, 6.07) is 16.8. The van der Waals surface area contributed by atoms with Crippen molar-refractivity contribution in [2.24, 2.45) is 10.5 Å². The van der Waals surface area contributed by atoms with Gasteiger partial charge in [-0.3, -0.25) is 15.5 Å². The highest BCUT2D eigenvalue weighted by Gasteiger charge is 2.50. The Labute approximate surface area is 174 Å². The summed E-state index contributed by atoms with van der Waals surface area (Å²) < 4.78 is 5.88. The van der Waals surface area contributed by atoms with Crippen molar-refractivity contribution < 1.29 is 9.66 Å². The molecule has 0 bridgehead atoms. The highest BCUT2D eigenvalue weighted by molar-refractivity contribution is 6.30. The predicted molar refractivity (Wildman–Crippen MR) is 114 cm³/mol. The van der Waals surface area contributed by atoms with Gasteiger partial charge >= 0.3 is 6.23 Å². The van der Waals surface area contributed by atoms with E-state index in [4.69, 9.17) is 16.3 Å². The molecule has 2 aromatic carbocycles. The van der Waals surface area contributed by atoms with Crippen LogP contribution in [0.4, 0.5) is 5.69 Å². The van der Waals surface area contributed by atoms with E-state index in [1.807, 2.05) is 42.5 Å². The summed E-state index contributed by atoms with van der Waals surface area (Å²) in [5, 5.41) is 17.1. The first kappa shape index (κ1) is 19.5. The van der Waals surface area contributed by atoms with Gasteiger partial charge in [-0.2, -0.15) is 5.10 Å². The first-order chi connectivity index (χ1) is 13.8. The fourth-order valence-electron chi connectivity index (χ4n) is 4.03. The molecule has 1 aliphatic carbocycles. The van der Waals surface area contributed by atoms with E-state index in [1.54, 1.807) is 12.1 Å². The molecule has 1 N–H and O–H groups in total. The van der Waals surface area contributed by atoms with E-state index >= 15 is 0 Å². The predicted octanol–water partition coefficient (Wildman–Crippen LogP) is 5.60. The van der Waals surface area contributed by atoms with Crippen molar-refractivity contribution in [3.05, 3.63) is 86.6 Å². The van der Waals surface area contributed by atoms with Crippen molar-refractivity contribution in [2.45, 2.75) is 38.8 Å². The second kappa shape index (κ2) is 7.52. The lowest BCUT2D eigenvalue weighted by molar-refractivity contribution is -0.570. The minimum atomic E-state index is -1.17. The number of nitrogens with one attached hydrogen (secondary N) is 1. The maximum atomic E-state index is 11.8. The fraction of sp³-hybridized carbons (Fsp3) is 0.318. The quantitative estimate of drug-likeness (QED) is 0.524. The molecule has 0 amide bonds. The van der Waals surface area contributed by atoms with Crippen LogP contribution in [0.25, 0.3) is 0 Å². The Morgan fingerprint density at radius 1 is 1.14 bits per heavy atom. The maximum absolute atomic E-state index is 11.8. The second-order valence-corrected chi connectivity index (χ2v) is 8.65. The molecule has 2 aliphatic rings. The van der Waals surface area contributed by atoms with Gasteiger partial charge < -0.3 is 4.74 Å². The molecule has 0 saturated carbocycles. The Balaban J connectivity index is 1.78. The molecule has 2 unspecified atom stereocenters. The highest BCUT2D eigenvalue weighted by Crippen LogP contribution is 2.49. The van der Waals surface area contributed by atoms with Crippen LogP contribution < -0.4 is 5.43 Å². The van der Waals surface area contributed by atoms with Crippen LogP contribution >= 0.6 is 11.6 Å². The third-order valence-corrected chi connectivity index (χ3v) is 5.54. The average molecular weight is 412 g/mol. The Hall–Kier alpha value is -2.86. The minimum Gasteiger partial charge on any atom is -0.433 e. The average Bonchev–Trinajstić information content (AvgIpc) is 3.06. The first-order valence-corrected chi connectivity index (χ1v) is 9.88. The van der Waals surface area contributed by atoms with Gasteiger partial charge in [-0.25, -0.2) is 0 Å². The Bertz CT molecular complexity index is 984. The topological polar surface area (TPSA) is 76.8 Å². The van der Waals surface area contributed by atoms with Gasteiger partial charge in [0.15, 0.2) is 0 Å². The molecular weight excluding hydrogens is 390 g/mol. The van der Waals surface area contributed by atoms with E-state index in [2.05, 4.69) is 24.4 Å². The summed E-state index contributed by atoms with van der Waals surface area (Å²) in [4.78, 5) is 11.5. The molecule has 1 aliphatic heterocycles. The number of para-hydroxylation sites is 1. The molecule has 2 atom stereocenters. The zero-order valence-corrected chi connectivity index (χ0v) is 17.0. The number of rotatable bonds is 4. The fourth-order valence-corrected chi connectivity index (χ4v) is 4.15. The van der Waals surface area contributed by atoms with Gasteiger partial charge in [-0.05, 0) is 41.7 Å². The van der Waals surface area contributed by atoms with Crippen LogP contribution in [0.5, 0.6) is 0 Å². The number of hydrogen-bond donors (Lipinski definition) is 1. The first-order valence-electron chi connectivity index (χ1n) is 9.51. The number of ether oxygens (including phenoxy) is 1. The summed E-state index contributed by atoms with van der Waals surface area (Å²) in [6.45, 7) is 4.24. The SMILES string of the molecule is CC1(C)CC2=C(/C(=N/Nc3ccccc3)C1)C(c1ccc(Cl)cc1)C([N+](=O)[O-])O2. The van der Waals surface area contributed by atoms with Gasteiger partial charge in [0.05, 0.1) is 16.3 Å². The molecule has 6 nitrogen and oxygen atoms in total. The van der Waals surface area contributed by atoms with Gasteiger partial charge in [-0.1, -0.05) is 55.8 Å². The summed E-state index contributed by atoms with van der Waals surface area (Å²) >= 11 is 6.03. The molecule has 0 radical (unpaired) electrons. The van der Waals surface area contributed by atoms with Crippen molar-refractivity contribution in [3.63, 3.8) is 0 Å². The van der Waals surface area contributed by atoms with Crippen LogP contribution in [0.2, 0.25) is 5.02 Å². The zero-order valence-electron chi connectivity index (χ0n) is 16.3. The molecule has 4 rings (SSSR count). The molecule has 2 aromatic rings. The van der Waals surface area contributed by atoms with Crippen molar-refractivity contribution in [1.82, 2.24) is 0 Å². The van der Waals surface area contributed by atoms with Gasteiger partial charge in [0.1, 0.15) is 11.7 Å².